The third-order valence-electron chi connectivity index (χ3n) is 11.7. The Bertz CT molecular complexity index is 733. The first-order chi connectivity index (χ1) is 24.3. The van der Waals surface area contributed by atoms with E-state index in [2.05, 4.69) is 38.2 Å². The Morgan fingerprint density at radius 1 is 0.480 bits per heavy atom. The van der Waals surface area contributed by atoms with Gasteiger partial charge in [-0.3, -0.25) is 0 Å². The first-order valence-corrected chi connectivity index (χ1v) is 22.6. The van der Waals surface area contributed by atoms with Crippen molar-refractivity contribution >= 4 is 0 Å². The molecule has 0 saturated carbocycles. The van der Waals surface area contributed by atoms with Crippen LogP contribution in [0.3, 0.4) is 0 Å². The molecule has 0 aliphatic carbocycles. The van der Waals surface area contributed by atoms with E-state index in [1.807, 2.05) is 0 Å². The monoisotopic (exact) mass is 814 g/mol. The predicted octanol–water partition coefficient (Wildman–Crippen LogP) is 11.1. The van der Waals surface area contributed by atoms with Crippen LogP contribution < -0.4 is 24.0 Å². The Hall–Kier alpha value is 0.0900. The van der Waals surface area contributed by atoms with Crippen LogP contribution in [0.4, 0.5) is 0 Å². The maximum absolute atomic E-state index is 6.59. The van der Waals surface area contributed by atoms with Crippen LogP contribution in [0.15, 0.2) is 24.3 Å². The highest BCUT2D eigenvalue weighted by Gasteiger charge is 2.41. The second-order valence-corrected chi connectivity index (χ2v) is 16.4. The Morgan fingerprint density at radius 3 is 1.26 bits per heavy atom. The van der Waals surface area contributed by atoms with Gasteiger partial charge in [-0.25, -0.2) is 0 Å². The van der Waals surface area contributed by atoms with Crippen LogP contribution in [-0.2, 0) is 9.47 Å². The minimum atomic E-state index is 0. The average Bonchev–Trinajstić information content (AvgIpc) is 3.13. The fourth-order valence-corrected chi connectivity index (χ4v) is 8.26. The van der Waals surface area contributed by atoms with Crippen molar-refractivity contribution in [3.8, 4) is 0 Å². The first kappa shape index (κ1) is 48.1. The molecule has 0 N–H and O–H groups in total. The summed E-state index contributed by atoms with van der Waals surface area (Å²) in [5, 5.41) is 0. The van der Waals surface area contributed by atoms with Gasteiger partial charge in [-0.05, 0) is 89.4 Å². The Morgan fingerprint density at radius 2 is 0.840 bits per heavy atom. The zero-order valence-electron chi connectivity index (χ0n) is 34.0. The molecule has 2 bridgehead atoms. The summed E-state index contributed by atoms with van der Waals surface area (Å²) in [5.74, 6) is 1.02. The second kappa shape index (κ2) is 36.1. The molecule has 296 valence electrons. The molecule has 0 aromatic heterocycles. The molecule has 0 spiro atoms. The molecule has 3 saturated heterocycles. The molecule has 1 atom stereocenters. The number of hydrogen-bond acceptors (Lipinski definition) is 2. The van der Waals surface area contributed by atoms with Crippen LogP contribution in [0, 0.1) is 5.92 Å². The Kier molecular flexibility index (Phi) is 34.7. The summed E-state index contributed by atoms with van der Waals surface area (Å²) in [7, 11) is 0. The quantitative estimate of drug-likeness (QED) is 0.0269. The molecule has 50 heavy (non-hydrogen) atoms. The van der Waals surface area contributed by atoms with Gasteiger partial charge in [0.1, 0.15) is 12.6 Å². The summed E-state index contributed by atoms with van der Waals surface area (Å²) in [6.45, 7) is 12.6. The van der Waals surface area contributed by atoms with E-state index in [1.165, 1.54) is 230 Å². The van der Waals surface area contributed by atoms with E-state index in [0.717, 1.165) is 25.7 Å². The van der Waals surface area contributed by atoms with Gasteiger partial charge >= 0.3 is 0 Å². The third kappa shape index (κ3) is 27.7. The molecule has 3 fully saturated rings. The molecule has 3 aliphatic heterocycles. The number of allylic oxidation sites excluding steroid dienone is 4. The van der Waals surface area contributed by atoms with Crippen molar-refractivity contribution in [3.63, 3.8) is 0 Å². The maximum atomic E-state index is 6.59. The molecule has 0 aromatic rings. The summed E-state index contributed by atoms with van der Waals surface area (Å²) in [4.78, 5) is 0. The lowest BCUT2D eigenvalue weighted by molar-refractivity contribution is -0.945. The Balaban J connectivity index is 0.0000125. The lowest BCUT2D eigenvalue weighted by Crippen LogP contribution is -3.00. The topological polar surface area (TPSA) is 18.5 Å². The molecule has 0 radical (unpaired) electrons. The lowest BCUT2D eigenvalue weighted by atomic mass is 9.85. The van der Waals surface area contributed by atoms with Gasteiger partial charge in [0.2, 0.25) is 0 Å². The molecule has 3 aliphatic rings. The second-order valence-electron chi connectivity index (χ2n) is 16.4. The minimum absolute atomic E-state index is 0. The van der Waals surface area contributed by atoms with E-state index in [1.54, 1.807) is 0 Å². The average molecular weight is 814 g/mol. The number of piperidine rings is 3. The van der Waals surface area contributed by atoms with Crippen molar-refractivity contribution in [2.24, 2.45) is 5.92 Å². The lowest BCUT2D eigenvalue weighted by Gasteiger charge is -2.50. The number of unbranched alkanes of at least 4 members (excludes halogenated alkanes) is 24. The number of rotatable bonds is 37. The fraction of sp³-hybridized carbons (Fsp3) is 0.913. The largest absolute Gasteiger partial charge is 1.00 e. The Labute approximate surface area is 331 Å². The van der Waals surface area contributed by atoms with Crippen LogP contribution in [0.2, 0.25) is 0 Å². The molecule has 3 nitrogen and oxygen atoms in total. The van der Waals surface area contributed by atoms with Gasteiger partial charge < -0.3 is 37.9 Å². The molecule has 4 heteroatoms. The predicted molar refractivity (Wildman–Crippen MR) is 217 cm³/mol. The SMILES string of the molecule is CCCCCCCC/C=C\CCCCCCCCOC[C@H](C[N+]12CCC(CC1)CC2)OCCCCCCCC/C=C\CCCCCCCC.[I-]. The zero-order chi connectivity index (χ0) is 34.8. The highest BCUT2D eigenvalue weighted by atomic mass is 127. The molecular formula is C46H88INO2. The van der Waals surface area contributed by atoms with Gasteiger partial charge in [0.15, 0.2) is 0 Å². The number of ether oxygens (including phenoxy) is 2. The van der Waals surface area contributed by atoms with Crippen molar-refractivity contribution in [2.75, 3.05) is 46.0 Å². The summed E-state index contributed by atoms with van der Waals surface area (Å²) in [5.41, 5.74) is 0. The van der Waals surface area contributed by atoms with Gasteiger partial charge in [-0.2, -0.15) is 0 Å². The van der Waals surface area contributed by atoms with Crippen molar-refractivity contribution in [1.29, 1.82) is 0 Å². The van der Waals surface area contributed by atoms with Crippen molar-refractivity contribution in [2.45, 2.75) is 219 Å². The number of hydrogen-bond donors (Lipinski definition) is 0. The summed E-state index contributed by atoms with van der Waals surface area (Å²) in [6, 6.07) is 0. The first-order valence-electron chi connectivity index (χ1n) is 22.6. The maximum Gasteiger partial charge on any atom is 0.130 e. The minimum Gasteiger partial charge on any atom is -1.00 e. The molecular weight excluding hydrogens is 725 g/mol. The number of halogens is 1. The van der Waals surface area contributed by atoms with E-state index in [4.69, 9.17) is 9.47 Å². The van der Waals surface area contributed by atoms with Gasteiger partial charge in [-0.1, -0.05) is 154 Å². The smallest absolute Gasteiger partial charge is 0.130 e. The third-order valence-corrected chi connectivity index (χ3v) is 11.7. The van der Waals surface area contributed by atoms with Crippen molar-refractivity contribution < 1.29 is 37.9 Å². The van der Waals surface area contributed by atoms with E-state index in [9.17, 15) is 0 Å². The van der Waals surface area contributed by atoms with Gasteiger partial charge in [0.05, 0.1) is 26.2 Å². The van der Waals surface area contributed by atoms with Crippen LogP contribution in [0.25, 0.3) is 0 Å². The fourth-order valence-electron chi connectivity index (χ4n) is 8.26. The van der Waals surface area contributed by atoms with Crippen molar-refractivity contribution in [1.82, 2.24) is 0 Å². The molecule has 0 amide bonds. The summed E-state index contributed by atoms with van der Waals surface area (Å²) >= 11 is 0. The zero-order valence-corrected chi connectivity index (χ0v) is 36.1. The number of quaternary nitrogens is 1. The summed E-state index contributed by atoms with van der Waals surface area (Å²) in [6.07, 6.45) is 52.4. The molecule has 0 aromatic carbocycles. The van der Waals surface area contributed by atoms with E-state index in [0.29, 0.717) is 0 Å². The van der Waals surface area contributed by atoms with Crippen LogP contribution in [0.5, 0.6) is 0 Å². The number of fused-ring (bicyclic) bond motifs is 3. The van der Waals surface area contributed by atoms with Crippen LogP contribution in [0.1, 0.15) is 213 Å². The van der Waals surface area contributed by atoms with Crippen LogP contribution in [-0.4, -0.2) is 56.6 Å². The standard InChI is InChI=1S/C46H88NO2.HI/c1-3-5-7-9-11-13-15-17-19-21-23-25-27-29-31-33-41-48-44-46(43-47-38-35-45(36-39-47)37-40-47)49-42-34-32-30-28-26-24-22-20-18-16-14-12-10-8-6-4-2;/h17-20,45-46H,3-16,21-44H2,1-2H3;1H/q+1;/p-1/b19-17-,20-18-;/t45?,46-,47?;/m0./s1. The molecule has 3 heterocycles. The van der Waals surface area contributed by atoms with Gasteiger partial charge in [0, 0.05) is 13.2 Å². The molecule has 3 rings (SSSR count). The van der Waals surface area contributed by atoms with Gasteiger partial charge in [-0.15, -0.1) is 0 Å². The van der Waals surface area contributed by atoms with Crippen LogP contribution >= 0.6 is 0 Å². The molecule has 0 unspecified atom stereocenters. The highest BCUT2D eigenvalue weighted by molar-refractivity contribution is 4.82. The van der Waals surface area contributed by atoms with Crippen molar-refractivity contribution in [3.05, 3.63) is 24.3 Å². The van der Waals surface area contributed by atoms with Gasteiger partial charge in [0.25, 0.3) is 0 Å². The normalized spacial score (nSPS) is 19.5. The van der Waals surface area contributed by atoms with E-state index >= 15 is 0 Å². The highest BCUT2D eigenvalue weighted by Crippen LogP contribution is 2.34. The van der Waals surface area contributed by atoms with E-state index < -0.39 is 0 Å². The number of nitrogens with zero attached hydrogens (tertiary/aromatic N) is 1. The summed E-state index contributed by atoms with van der Waals surface area (Å²) < 4.78 is 14.2. The van der Waals surface area contributed by atoms with E-state index in [-0.39, 0.29) is 30.1 Å².